The van der Waals surface area contributed by atoms with Gasteiger partial charge < -0.3 is 24.6 Å². The van der Waals surface area contributed by atoms with Crippen LogP contribution in [-0.2, 0) is 14.3 Å². The Morgan fingerprint density at radius 1 is 1.21 bits per heavy atom. The summed E-state index contributed by atoms with van der Waals surface area (Å²) in [7, 11) is 0. The van der Waals surface area contributed by atoms with E-state index in [0.717, 1.165) is 24.4 Å². The van der Waals surface area contributed by atoms with Crippen LogP contribution in [0.1, 0.15) is 79.3 Å². The van der Waals surface area contributed by atoms with Gasteiger partial charge in [-0.3, -0.25) is 14.7 Å². The molecule has 6 atom stereocenters. The van der Waals surface area contributed by atoms with Crippen molar-refractivity contribution in [1.82, 2.24) is 14.8 Å². The number of amides is 1. The molecule has 0 radical (unpaired) electrons. The van der Waals surface area contributed by atoms with E-state index in [0.29, 0.717) is 13.1 Å². The molecule has 0 bridgehead atoms. The third-order valence-electron chi connectivity index (χ3n) is 8.40. The highest BCUT2D eigenvalue weighted by Crippen LogP contribution is 2.28. The van der Waals surface area contributed by atoms with Gasteiger partial charge in [-0.1, -0.05) is 44.2 Å². The summed E-state index contributed by atoms with van der Waals surface area (Å²) >= 11 is 0. The van der Waals surface area contributed by atoms with Crippen LogP contribution in [0.4, 0.5) is 4.79 Å². The van der Waals surface area contributed by atoms with E-state index in [1.807, 2.05) is 56.4 Å². The molecule has 0 aliphatic carbocycles. The number of hydrogen-bond acceptors (Lipinski definition) is 8. The lowest BCUT2D eigenvalue weighted by atomic mass is 9.88. The van der Waals surface area contributed by atoms with Crippen LogP contribution >= 0.6 is 0 Å². The molecule has 1 aromatic rings. The summed E-state index contributed by atoms with van der Waals surface area (Å²) in [6.45, 7) is 16.5. The summed E-state index contributed by atoms with van der Waals surface area (Å²) in [6.07, 6.45) is 8.22. The number of carbonyl (C=O) groups excluding carboxylic acids is 2. The summed E-state index contributed by atoms with van der Waals surface area (Å²) in [5.74, 6) is -0.703. The molecule has 9 heteroatoms. The van der Waals surface area contributed by atoms with Crippen LogP contribution in [0.25, 0.3) is 0 Å². The van der Waals surface area contributed by atoms with E-state index >= 15 is 0 Å². The van der Waals surface area contributed by atoms with Crippen LogP contribution in [0.5, 0.6) is 0 Å². The van der Waals surface area contributed by atoms with E-state index in [-0.39, 0.29) is 36.6 Å². The molecule has 1 aromatic heterocycles. The van der Waals surface area contributed by atoms with Gasteiger partial charge >= 0.3 is 12.1 Å². The maximum Gasteiger partial charge on any atom is 0.410 e. The zero-order valence-corrected chi connectivity index (χ0v) is 26.9. The van der Waals surface area contributed by atoms with E-state index < -0.39 is 36.0 Å². The molecule has 238 valence electrons. The molecule has 2 N–H and O–H groups in total. The lowest BCUT2D eigenvalue weighted by Gasteiger charge is -2.42. The van der Waals surface area contributed by atoms with E-state index in [1.165, 1.54) is 0 Å². The molecule has 0 saturated carbocycles. The number of nitrogens with zero attached hydrogens (tertiary/aromatic N) is 3. The molecule has 1 saturated heterocycles. The summed E-state index contributed by atoms with van der Waals surface area (Å²) in [6, 6.07) is 5.81. The molecule has 0 aromatic carbocycles. The second-order valence-corrected chi connectivity index (χ2v) is 13.2. The number of ether oxygens (including phenoxy) is 2. The molecule has 3 heterocycles. The maximum absolute atomic E-state index is 13.2. The van der Waals surface area contributed by atoms with Crippen molar-refractivity contribution in [1.29, 1.82) is 0 Å². The Hall–Kier alpha value is -3.01. The van der Waals surface area contributed by atoms with Crippen LogP contribution in [0, 0.1) is 5.92 Å². The van der Waals surface area contributed by atoms with Gasteiger partial charge in [0.1, 0.15) is 11.7 Å². The van der Waals surface area contributed by atoms with E-state index in [4.69, 9.17) is 9.47 Å². The van der Waals surface area contributed by atoms with Gasteiger partial charge in [0.25, 0.3) is 0 Å². The van der Waals surface area contributed by atoms with E-state index in [2.05, 4.69) is 37.6 Å². The Kier molecular flexibility index (Phi) is 12.1. The van der Waals surface area contributed by atoms with Gasteiger partial charge in [0.2, 0.25) is 0 Å². The third-order valence-corrected chi connectivity index (χ3v) is 8.40. The number of cyclic esters (lactones) is 1. The summed E-state index contributed by atoms with van der Waals surface area (Å²) in [5, 5.41) is 22.0. The van der Waals surface area contributed by atoms with Crippen molar-refractivity contribution >= 4 is 12.1 Å². The molecule has 1 fully saturated rings. The van der Waals surface area contributed by atoms with Crippen LogP contribution in [-0.4, -0.2) is 92.7 Å². The smallest absolute Gasteiger partial charge is 0.410 e. The average Bonchev–Trinajstić information content (AvgIpc) is 2.96. The Balaban J connectivity index is 1.79. The molecule has 1 amide bonds. The highest BCUT2D eigenvalue weighted by molar-refractivity contribution is 5.70. The van der Waals surface area contributed by atoms with Crippen molar-refractivity contribution in [3.63, 3.8) is 0 Å². The number of pyridine rings is 1. The Morgan fingerprint density at radius 2 is 1.91 bits per heavy atom. The van der Waals surface area contributed by atoms with E-state index in [9.17, 15) is 19.8 Å². The monoisotopic (exact) mass is 597 g/mol. The predicted octanol–water partition coefficient (Wildman–Crippen LogP) is 5.01. The van der Waals surface area contributed by atoms with Crippen molar-refractivity contribution in [2.24, 2.45) is 5.92 Å². The molecular formula is C34H51N3O6. The number of allylic oxidation sites excluding steroid dienone is 3. The van der Waals surface area contributed by atoms with Gasteiger partial charge in [-0.15, -0.1) is 0 Å². The molecule has 43 heavy (non-hydrogen) atoms. The Bertz CT molecular complexity index is 1150. The molecule has 0 spiro atoms. The second-order valence-electron chi connectivity index (χ2n) is 13.2. The minimum atomic E-state index is -1.45. The molecular weight excluding hydrogens is 546 g/mol. The first-order chi connectivity index (χ1) is 20.2. The number of aromatic nitrogens is 1. The molecule has 2 aliphatic rings. The molecule has 2 aliphatic heterocycles. The Morgan fingerprint density at radius 3 is 2.53 bits per heavy atom. The van der Waals surface area contributed by atoms with Gasteiger partial charge in [-0.2, -0.15) is 0 Å². The Labute approximate surface area is 257 Å². The van der Waals surface area contributed by atoms with Gasteiger partial charge in [0.15, 0.2) is 6.10 Å². The average molecular weight is 598 g/mol. The number of hydrogen-bond donors (Lipinski definition) is 2. The van der Waals surface area contributed by atoms with Crippen molar-refractivity contribution in [2.45, 2.75) is 103 Å². The minimum Gasteiger partial charge on any atom is -0.457 e. The fraction of sp³-hybridized carbons (Fsp3) is 0.618. The number of carbonyl (C=O) groups is 2. The fourth-order valence-electron chi connectivity index (χ4n) is 5.41. The normalized spacial score (nSPS) is 30.2. The van der Waals surface area contributed by atoms with Gasteiger partial charge in [0.05, 0.1) is 12.5 Å². The van der Waals surface area contributed by atoms with Gasteiger partial charge in [-0.05, 0) is 71.2 Å². The molecule has 9 nitrogen and oxygen atoms in total. The van der Waals surface area contributed by atoms with Gasteiger partial charge in [0, 0.05) is 55.4 Å². The standard InChI is InChI=1S/C34H51N3O6/c1-24(28-13-8-9-18-35-28)11-10-12-25(2)31-26(3)14-15-29(34(7,41)17-16-27(38)23-30(39)43-31)42-32(40)36-19-21-37(22-20-36)33(4,5)6/h8-15,18,24,26-27,29,31,38,41H,16-17,19-23H2,1-7H3/b11-10+,15-14+,25-12+/t24-,26-,27-,29+,31+,34-/m0/s1. The number of aliphatic hydroxyl groups excluding tert-OH is 1. The highest BCUT2D eigenvalue weighted by atomic mass is 16.6. The number of piperazine rings is 1. The summed E-state index contributed by atoms with van der Waals surface area (Å²) < 4.78 is 11.8. The summed E-state index contributed by atoms with van der Waals surface area (Å²) in [5.41, 5.74) is 0.343. The SMILES string of the molecule is C/C(=C\C=C\[C@H](C)c1ccccn1)[C@H]1OC(=O)C[C@@H](O)CC[C@](C)(O)[C@H](OC(=O)N2CCN(C(C)(C)C)CC2)/C=C/[C@@H]1C. The van der Waals surface area contributed by atoms with Crippen molar-refractivity contribution in [3.8, 4) is 0 Å². The zero-order valence-electron chi connectivity index (χ0n) is 26.9. The first-order valence-corrected chi connectivity index (χ1v) is 15.4. The van der Waals surface area contributed by atoms with Crippen molar-refractivity contribution in [3.05, 3.63) is 66.0 Å². The topological polar surface area (TPSA) is 112 Å². The number of aliphatic hydroxyl groups is 2. The highest BCUT2D eigenvalue weighted by Gasteiger charge is 2.37. The third kappa shape index (κ3) is 10.3. The van der Waals surface area contributed by atoms with Crippen LogP contribution in [0.3, 0.4) is 0 Å². The first-order valence-electron chi connectivity index (χ1n) is 15.4. The lowest BCUT2D eigenvalue weighted by molar-refractivity contribution is -0.151. The first kappa shape index (κ1) is 34.5. The van der Waals surface area contributed by atoms with Crippen molar-refractivity contribution in [2.75, 3.05) is 26.2 Å². The van der Waals surface area contributed by atoms with E-state index in [1.54, 1.807) is 24.1 Å². The number of rotatable bonds is 5. The minimum absolute atomic E-state index is 0.0204. The largest absolute Gasteiger partial charge is 0.457 e. The predicted molar refractivity (Wildman–Crippen MR) is 167 cm³/mol. The van der Waals surface area contributed by atoms with Crippen LogP contribution < -0.4 is 0 Å². The second kappa shape index (κ2) is 15.1. The van der Waals surface area contributed by atoms with Crippen LogP contribution in [0.2, 0.25) is 0 Å². The lowest BCUT2D eigenvalue weighted by Crippen LogP contribution is -2.55. The maximum atomic E-state index is 13.2. The number of esters is 1. The van der Waals surface area contributed by atoms with Crippen LogP contribution in [0.15, 0.2) is 60.3 Å². The molecule has 0 unspecified atom stereocenters. The van der Waals surface area contributed by atoms with Crippen molar-refractivity contribution < 1.29 is 29.3 Å². The zero-order chi connectivity index (χ0) is 31.8. The van der Waals surface area contributed by atoms with Gasteiger partial charge in [-0.25, -0.2) is 4.79 Å². The summed E-state index contributed by atoms with van der Waals surface area (Å²) in [4.78, 5) is 34.4. The quantitative estimate of drug-likeness (QED) is 0.277. The molecule has 3 rings (SSSR count). The fourth-order valence-corrected chi connectivity index (χ4v) is 5.41.